The van der Waals surface area contributed by atoms with Gasteiger partial charge in [0.25, 0.3) is 5.91 Å². The lowest BCUT2D eigenvalue weighted by Crippen LogP contribution is -2.50. The van der Waals surface area contributed by atoms with Crippen molar-refractivity contribution in [2.75, 3.05) is 20.3 Å². The highest BCUT2D eigenvalue weighted by atomic mass is 19.1. The molecule has 0 saturated carbocycles. The molecule has 2 aromatic carbocycles. The van der Waals surface area contributed by atoms with Gasteiger partial charge in [0.15, 0.2) is 6.61 Å². The molecule has 1 N–H and O–H groups in total. The summed E-state index contributed by atoms with van der Waals surface area (Å²) in [7, 11) is 1.57. The second kappa shape index (κ2) is 12.6. The van der Waals surface area contributed by atoms with Crippen molar-refractivity contribution in [1.29, 1.82) is 0 Å². The van der Waals surface area contributed by atoms with Gasteiger partial charge in [0.05, 0.1) is 7.11 Å². The van der Waals surface area contributed by atoms with Crippen LogP contribution in [-0.4, -0.2) is 43.0 Å². The van der Waals surface area contributed by atoms with E-state index in [1.54, 1.807) is 43.5 Å². The summed E-state index contributed by atoms with van der Waals surface area (Å²) in [6, 6.07) is 12.2. The summed E-state index contributed by atoms with van der Waals surface area (Å²) >= 11 is 0. The Bertz CT molecular complexity index is 824. The Labute approximate surface area is 183 Å². The molecule has 0 aromatic heterocycles. The molecule has 0 aliphatic carbocycles. The van der Waals surface area contributed by atoms with Crippen LogP contribution in [0, 0.1) is 5.82 Å². The average Bonchev–Trinajstić information content (AvgIpc) is 2.79. The van der Waals surface area contributed by atoms with Gasteiger partial charge in [-0.1, -0.05) is 32.4 Å². The molecule has 0 aliphatic rings. The number of hydrogen-bond donors (Lipinski definition) is 1. The zero-order valence-electron chi connectivity index (χ0n) is 18.4. The molecule has 0 radical (unpaired) electrons. The maximum absolute atomic E-state index is 13.3. The quantitative estimate of drug-likeness (QED) is 0.518. The summed E-state index contributed by atoms with van der Waals surface area (Å²) in [5.41, 5.74) is 0.735. The minimum atomic E-state index is -0.645. The van der Waals surface area contributed by atoms with E-state index < -0.39 is 6.04 Å². The van der Waals surface area contributed by atoms with Crippen molar-refractivity contribution in [2.24, 2.45) is 0 Å². The Morgan fingerprint density at radius 2 is 1.68 bits per heavy atom. The lowest BCUT2D eigenvalue weighted by Gasteiger charge is -2.30. The number of hydrogen-bond acceptors (Lipinski definition) is 4. The number of unbranched alkanes of at least 4 members (excludes halogenated alkanes) is 1. The van der Waals surface area contributed by atoms with Gasteiger partial charge in [0.2, 0.25) is 5.91 Å². The Balaban J connectivity index is 2.14. The lowest BCUT2D eigenvalue weighted by atomic mass is 10.1. The fourth-order valence-corrected chi connectivity index (χ4v) is 3.11. The van der Waals surface area contributed by atoms with Crippen molar-refractivity contribution in [2.45, 2.75) is 45.7 Å². The first-order chi connectivity index (χ1) is 15.0. The van der Waals surface area contributed by atoms with Crippen molar-refractivity contribution in [1.82, 2.24) is 10.2 Å². The third-order valence-corrected chi connectivity index (χ3v) is 4.90. The molecule has 6 nitrogen and oxygen atoms in total. The van der Waals surface area contributed by atoms with Gasteiger partial charge in [-0.05, 0) is 54.8 Å². The molecule has 2 aromatic rings. The molecule has 2 rings (SSSR count). The van der Waals surface area contributed by atoms with Crippen molar-refractivity contribution in [3.63, 3.8) is 0 Å². The van der Waals surface area contributed by atoms with Crippen LogP contribution in [0.2, 0.25) is 0 Å². The van der Waals surface area contributed by atoms with Gasteiger partial charge in [-0.3, -0.25) is 9.59 Å². The highest BCUT2D eigenvalue weighted by Gasteiger charge is 2.28. The monoisotopic (exact) mass is 430 g/mol. The molecular formula is C24H31FN2O4. The van der Waals surface area contributed by atoms with Gasteiger partial charge < -0.3 is 19.7 Å². The molecule has 1 atom stereocenters. The highest BCUT2D eigenvalue weighted by molar-refractivity contribution is 5.88. The summed E-state index contributed by atoms with van der Waals surface area (Å²) in [5.74, 6) is 0.338. The number of nitrogens with one attached hydrogen (secondary N) is 1. The normalized spacial score (nSPS) is 11.5. The first-order valence-corrected chi connectivity index (χ1v) is 10.6. The minimum Gasteiger partial charge on any atom is -0.497 e. The van der Waals surface area contributed by atoms with Gasteiger partial charge in [-0.2, -0.15) is 0 Å². The molecule has 168 valence electrons. The topological polar surface area (TPSA) is 67.9 Å². The summed E-state index contributed by atoms with van der Waals surface area (Å²) in [6.07, 6.45) is 2.28. The molecule has 0 heterocycles. The second-order valence-electron chi connectivity index (χ2n) is 7.18. The van der Waals surface area contributed by atoms with Crippen LogP contribution in [0.1, 0.15) is 38.7 Å². The molecule has 7 heteroatoms. The van der Waals surface area contributed by atoms with Crippen molar-refractivity contribution in [3.8, 4) is 11.5 Å². The predicted octanol–water partition coefficient (Wildman–Crippen LogP) is 3.94. The molecule has 0 fully saturated rings. The minimum absolute atomic E-state index is 0.185. The van der Waals surface area contributed by atoms with Gasteiger partial charge in [0, 0.05) is 13.1 Å². The number of carbonyl (C=O) groups is 2. The lowest BCUT2D eigenvalue weighted by molar-refractivity contribution is -0.143. The van der Waals surface area contributed by atoms with Crippen LogP contribution >= 0.6 is 0 Å². The maximum atomic E-state index is 13.3. The summed E-state index contributed by atoms with van der Waals surface area (Å²) < 4.78 is 24.1. The number of rotatable bonds is 12. The Hall–Kier alpha value is -3.09. The van der Waals surface area contributed by atoms with Crippen molar-refractivity contribution >= 4 is 11.8 Å². The molecule has 31 heavy (non-hydrogen) atoms. The van der Waals surface area contributed by atoms with Crippen molar-refractivity contribution in [3.05, 3.63) is 59.9 Å². The maximum Gasteiger partial charge on any atom is 0.261 e. The number of benzene rings is 2. The fraction of sp³-hybridized carbons (Fsp3) is 0.417. The number of ether oxygens (including phenoxy) is 2. The molecule has 2 amide bonds. The van der Waals surface area contributed by atoms with Gasteiger partial charge in [-0.15, -0.1) is 0 Å². The van der Waals surface area contributed by atoms with E-state index in [1.165, 1.54) is 17.0 Å². The van der Waals surface area contributed by atoms with E-state index in [1.807, 2.05) is 13.8 Å². The summed E-state index contributed by atoms with van der Waals surface area (Å²) in [5, 5.41) is 2.90. The molecule has 0 unspecified atom stereocenters. The third kappa shape index (κ3) is 7.59. The first kappa shape index (κ1) is 24.2. The zero-order valence-corrected chi connectivity index (χ0v) is 18.4. The summed E-state index contributed by atoms with van der Waals surface area (Å²) in [4.78, 5) is 27.3. The van der Waals surface area contributed by atoms with Gasteiger partial charge in [-0.25, -0.2) is 4.39 Å². The van der Waals surface area contributed by atoms with Crippen LogP contribution in [-0.2, 0) is 16.1 Å². The van der Waals surface area contributed by atoms with Crippen LogP contribution in [0.5, 0.6) is 11.5 Å². The summed E-state index contributed by atoms with van der Waals surface area (Å²) in [6.45, 7) is 4.44. The third-order valence-electron chi connectivity index (χ3n) is 4.90. The zero-order chi connectivity index (χ0) is 22.6. The largest absolute Gasteiger partial charge is 0.497 e. The van der Waals surface area contributed by atoms with Crippen LogP contribution < -0.4 is 14.8 Å². The average molecular weight is 431 g/mol. The van der Waals surface area contributed by atoms with E-state index in [4.69, 9.17) is 9.47 Å². The van der Waals surface area contributed by atoms with Crippen LogP contribution in [0.4, 0.5) is 4.39 Å². The molecule has 0 bridgehead atoms. The van der Waals surface area contributed by atoms with E-state index in [-0.39, 0.29) is 30.8 Å². The second-order valence-corrected chi connectivity index (χ2v) is 7.18. The predicted molar refractivity (Wildman–Crippen MR) is 117 cm³/mol. The van der Waals surface area contributed by atoms with Crippen LogP contribution in [0.15, 0.2) is 48.5 Å². The van der Waals surface area contributed by atoms with E-state index in [9.17, 15) is 14.0 Å². The van der Waals surface area contributed by atoms with E-state index in [0.29, 0.717) is 24.5 Å². The van der Waals surface area contributed by atoms with E-state index in [0.717, 1.165) is 18.4 Å². The SMILES string of the molecule is CCCCNC(=O)[C@H](CC)N(Cc1ccc(F)cc1)C(=O)COc1ccc(OC)cc1. The highest BCUT2D eigenvalue weighted by Crippen LogP contribution is 2.18. The first-order valence-electron chi connectivity index (χ1n) is 10.6. The molecule has 0 spiro atoms. The fourth-order valence-electron chi connectivity index (χ4n) is 3.11. The van der Waals surface area contributed by atoms with Gasteiger partial charge >= 0.3 is 0 Å². The standard InChI is InChI=1S/C24H31FN2O4/c1-4-6-15-26-24(29)22(5-2)27(16-18-7-9-19(25)10-8-18)23(28)17-31-21-13-11-20(30-3)12-14-21/h7-14,22H,4-6,15-17H2,1-3H3,(H,26,29)/t22-/m0/s1. The number of nitrogens with zero attached hydrogens (tertiary/aromatic N) is 1. The molecule has 0 aliphatic heterocycles. The molecular weight excluding hydrogens is 399 g/mol. The van der Waals surface area contributed by atoms with E-state index in [2.05, 4.69) is 5.32 Å². The Kier molecular flexibility index (Phi) is 9.81. The number of carbonyl (C=O) groups excluding carboxylic acids is 2. The Morgan fingerprint density at radius 3 is 2.26 bits per heavy atom. The van der Waals surface area contributed by atoms with Crippen LogP contribution in [0.25, 0.3) is 0 Å². The molecule has 0 saturated heterocycles. The van der Waals surface area contributed by atoms with Gasteiger partial charge in [0.1, 0.15) is 23.4 Å². The van der Waals surface area contributed by atoms with E-state index >= 15 is 0 Å². The van der Waals surface area contributed by atoms with Crippen LogP contribution in [0.3, 0.4) is 0 Å². The smallest absolute Gasteiger partial charge is 0.261 e. The number of halogens is 1. The van der Waals surface area contributed by atoms with Crippen molar-refractivity contribution < 1.29 is 23.5 Å². The number of amides is 2. The number of methoxy groups -OCH3 is 1. The Morgan fingerprint density at radius 1 is 1.03 bits per heavy atom.